The first-order valence-electron chi connectivity index (χ1n) is 5.89. The first kappa shape index (κ1) is 16.8. The van der Waals surface area contributed by atoms with Crippen LogP contribution in [0.1, 0.15) is 17.3 Å². The van der Waals surface area contributed by atoms with E-state index in [1.165, 1.54) is 12.1 Å². The molecule has 0 amide bonds. The van der Waals surface area contributed by atoms with Crippen molar-refractivity contribution in [3.05, 3.63) is 23.8 Å². The maximum Gasteiger partial charge on any atom is 0.337 e. The Morgan fingerprint density at radius 1 is 1.50 bits per heavy atom. The number of carboxylic acid groups (broad SMARTS) is 1. The lowest BCUT2D eigenvalue weighted by Gasteiger charge is -2.13. The molecule has 1 aromatic rings. The minimum atomic E-state index is -3.86. The fraction of sp³-hybridized carbons (Fsp3) is 0.417. The van der Waals surface area contributed by atoms with E-state index in [0.717, 1.165) is 11.8 Å². The number of carbonyl (C=O) groups is 1. The van der Waals surface area contributed by atoms with Crippen LogP contribution in [-0.2, 0) is 10.0 Å². The number of hydrogen-bond donors (Lipinski definition) is 3. The molecule has 0 aliphatic heterocycles. The zero-order valence-electron chi connectivity index (χ0n) is 11.3. The van der Waals surface area contributed by atoms with Crippen LogP contribution in [0, 0.1) is 5.92 Å². The Hall–Kier alpha value is -1.25. The van der Waals surface area contributed by atoms with Crippen LogP contribution in [0.4, 0.5) is 5.69 Å². The molecule has 0 spiro atoms. The maximum absolute atomic E-state index is 12.2. The van der Waals surface area contributed by atoms with E-state index in [-0.39, 0.29) is 28.6 Å². The number of rotatable bonds is 7. The summed E-state index contributed by atoms with van der Waals surface area (Å²) in [4.78, 5) is 10.8. The molecule has 8 heteroatoms. The molecule has 0 saturated carbocycles. The molecule has 1 rings (SSSR count). The Morgan fingerprint density at radius 3 is 2.70 bits per heavy atom. The second-order valence-electron chi connectivity index (χ2n) is 4.47. The van der Waals surface area contributed by atoms with Gasteiger partial charge >= 0.3 is 5.97 Å². The van der Waals surface area contributed by atoms with E-state index in [1.807, 2.05) is 13.2 Å². The molecule has 1 atom stereocenters. The van der Waals surface area contributed by atoms with Gasteiger partial charge in [-0.25, -0.2) is 17.9 Å². The van der Waals surface area contributed by atoms with Crippen molar-refractivity contribution >= 4 is 33.4 Å². The second-order valence-corrected chi connectivity index (χ2v) is 7.12. The average molecular weight is 318 g/mol. The largest absolute Gasteiger partial charge is 0.478 e. The van der Waals surface area contributed by atoms with Crippen LogP contribution in [0.15, 0.2) is 23.1 Å². The van der Waals surface area contributed by atoms with E-state index in [1.54, 1.807) is 11.8 Å². The molecule has 20 heavy (non-hydrogen) atoms. The van der Waals surface area contributed by atoms with Gasteiger partial charge < -0.3 is 10.8 Å². The Labute approximate surface area is 122 Å². The van der Waals surface area contributed by atoms with Crippen LogP contribution >= 0.6 is 11.8 Å². The summed E-state index contributed by atoms with van der Waals surface area (Å²) in [6, 6.07) is 3.72. The SMILES string of the molecule is CSCC(C)CNS(=O)(=O)c1ccc(N)cc1C(=O)O. The van der Waals surface area contributed by atoms with Gasteiger partial charge in [0.2, 0.25) is 10.0 Å². The third kappa shape index (κ3) is 4.39. The van der Waals surface area contributed by atoms with Gasteiger partial charge in [-0.3, -0.25) is 0 Å². The summed E-state index contributed by atoms with van der Waals surface area (Å²) >= 11 is 1.62. The number of benzene rings is 1. The first-order valence-corrected chi connectivity index (χ1v) is 8.77. The van der Waals surface area contributed by atoms with E-state index >= 15 is 0 Å². The number of sulfonamides is 1. The predicted molar refractivity (Wildman–Crippen MR) is 80.5 cm³/mol. The normalized spacial score (nSPS) is 13.1. The van der Waals surface area contributed by atoms with E-state index in [4.69, 9.17) is 10.8 Å². The third-order valence-corrected chi connectivity index (χ3v) is 4.98. The Morgan fingerprint density at radius 2 is 2.15 bits per heavy atom. The summed E-state index contributed by atoms with van der Waals surface area (Å²) in [5.41, 5.74) is 5.37. The quantitative estimate of drug-likeness (QED) is 0.653. The van der Waals surface area contributed by atoms with Crippen LogP contribution in [0.5, 0.6) is 0 Å². The summed E-state index contributed by atoms with van der Waals surface area (Å²) < 4.78 is 26.7. The third-order valence-electron chi connectivity index (χ3n) is 2.60. The van der Waals surface area contributed by atoms with E-state index in [0.29, 0.717) is 0 Å². The van der Waals surface area contributed by atoms with Crippen molar-refractivity contribution in [3.63, 3.8) is 0 Å². The number of nitrogens with two attached hydrogens (primary N) is 1. The van der Waals surface area contributed by atoms with Gasteiger partial charge in [0.15, 0.2) is 0 Å². The highest BCUT2D eigenvalue weighted by molar-refractivity contribution is 7.98. The summed E-state index contributed by atoms with van der Waals surface area (Å²) in [7, 11) is -3.86. The van der Waals surface area contributed by atoms with Crippen molar-refractivity contribution in [2.45, 2.75) is 11.8 Å². The highest BCUT2D eigenvalue weighted by Gasteiger charge is 2.22. The fourth-order valence-electron chi connectivity index (χ4n) is 1.62. The predicted octanol–water partition coefficient (Wildman–Crippen LogP) is 1.24. The molecule has 1 aromatic carbocycles. The van der Waals surface area contributed by atoms with Crippen molar-refractivity contribution in [1.29, 1.82) is 0 Å². The Bertz CT molecular complexity index is 587. The van der Waals surface area contributed by atoms with Gasteiger partial charge in [0.25, 0.3) is 0 Å². The number of hydrogen-bond acceptors (Lipinski definition) is 5. The van der Waals surface area contributed by atoms with Gasteiger partial charge in [-0.05, 0) is 36.1 Å². The summed E-state index contributed by atoms with van der Waals surface area (Å²) in [5, 5.41) is 9.06. The number of carboxylic acids is 1. The fourth-order valence-corrected chi connectivity index (χ4v) is 3.65. The molecule has 1 unspecified atom stereocenters. The second kappa shape index (κ2) is 6.96. The van der Waals surface area contributed by atoms with Crippen LogP contribution in [0.25, 0.3) is 0 Å². The molecule has 0 aromatic heterocycles. The number of nitrogens with one attached hydrogen (secondary N) is 1. The molecule has 0 aliphatic carbocycles. The Kier molecular flexibility index (Phi) is 5.85. The van der Waals surface area contributed by atoms with Crippen molar-refractivity contribution in [1.82, 2.24) is 4.72 Å². The lowest BCUT2D eigenvalue weighted by Crippen LogP contribution is -2.30. The first-order chi connectivity index (χ1) is 9.27. The van der Waals surface area contributed by atoms with Crippen molar-refractivity contribution in [3.8, 4) is 0 Å². The molecular weight excluding hydrogens is 300 g/mol. The molecule has 0 saturated heterocycles. The van der Waals surface area contributed by atoms with Crippen molar-refractivity contribution in [2.24, 2.45) is 5.92 Å². The molecule has 112 valence electrons. The van der Waals surface area contributed by atoms with Crippen LogP contribution < -0.4 is 10.5 Å². The maximum atomic E-state index is 12.2. The van der Waals surface area contributed by atoms with E-state index in [2.05, 4.69) is 4.72 Å². The summed E-state index contributed by atoms with van der Waals surface area (Å²) in [6.07, 6.45) is 1.94. The highest BCUT2D eigenvalue weighted by Crippen LogP contribution is 2.19. The number of anilines is 1. The standard InChI is InChI=1S/C12H18N2O4S2/c1-8(7-19-2)6-14-20(17,18)11-4-3-9(13)5-10(11)12(15)16/h3-5,8,14H,6-7,13H2,1-2H3,(H,15,16). The molecule has 6 nitrogen and oxygen atoms in total. The van der Waals surface area contributed by atoms with Gasteiger partial charge in [0.1, 0.15) is 0 Å². The van der Waals surface area contributed by atoms with E-state index < -0.39 is 16.0 Å². The molecule has 0 heterocycles. The lowest BCUT2D eigenvalue weighted by atomic mass is 10.2. The van der Waals surface area contributed by atoms with Gasteiger partial charge in [-0.1, -0.05) is 6.92 Å². The zero-order chi connectivity index (χ0) is 15.3. The topological polar surface area (TPSA) is 109 Å². The minimum absolute atomic E-state index is 0.154. The van der Waals surface area contributed by atoms with Gasteiger partial charge in [0, 0.05) is 12.2 Å². The van der Waals surface area contributed by atoms with Gasteiger partial charge in [0.05, 0.1) is 10.5 Å². The van der Waals surface area contributed by atoms with E-state index in [9.17, 15) is 13.2 Å². The molecule has 4 N–H and O–H groups in total. The van der Waals surface area contributed by atoms with Crippen molar-refractivity contribution in [2.75, 3.05) is 24.3 Å². The zero-order valence-corrected chi connectivity index (χ0v) is 12.9. The van der Waals surface area contributed by atoms with Gasteiger partial charge in [-0.15, -0.1) is 0 Å². The highest BCUT2D eigenvalue weighted by atomic mass is 32.2. The number of aromatic carboxylic acids is 1. The summed E-state index contributed by atoms with van der Waals surface area (Å²) in [6.45, 7) is 2.17. The molecular formula is C12H18N2O4S2. The minimum Gasteiger partial charge on any atom is -0.478 e. The van der Waals surface area contributed by atoms with Crippen LogP contribution in [0.2, 0.25) is 0 Å². The van der Waals surface area contributed by atoms with Crippen LogP contribution in [-0.4, -0.2) is 38.0 Å². The molecule has 0 bridgehead atoms. The number of thioether (sulfide) groups is 1. The van der Waals surface area contributed by atoms with Crippen LogP contribution in [0.3, 0.4) is 0 Å². The van der Waals surface area contributed by atoms with Crippen molar-refractivity contribution < 1.29 is 18.3 Å². The monoisotopic (exact) mass is 318 g/mol. The summed E-state index contributed by atoms with van der Waals surface area (Å²) in [5.74, 6) is -0.354. The molecule has 0 fully saturated rings. The smallest absolute Gasteiger partial charge is 0.337 e. The number of nitrogen functional groups attached to an aromatic ring is 1. The molecule has 0 radical (unpaired) electrons. The Balaban J connectivity index is 3.01. The molecule has 0 aliphatic rings. The average Bonchev–Trinajstić information content (AvgIpc) is 2.36. The van der Waals surface area contributed by atoms with Gasteiger partial charge in [-0.2, -0.15) is 11.8 Å². The lowest BCUT2D eigenvalue weighted by molar-refractivity contribution is 0.0692.